The molecule has 2 unspecified atom stereocenters. The zero-order valence-corrected chi connectivity index (χ0v) is 16.7. The first-order chi connectivity index (χ1) is 14.1. The van der Waals surface area contributed by atoms with Gasteiger partial charge in [0.25, 0.3) is 0 Å². The van der Waals surface area contributed by atoms with Crippen molar-refractivity contribution in [1.82, 2.24) is 14.8 Å². The lowest BCUT2D eigenvalue weighted by Crippen LogP contribution is -2.30. The minimum atomic E-state index is -0.356. The van der Waals surface area contributed by atoms with Crippen LogP contribution in [0.25, 0.3) is 11.4 Å². The van der Waals surface area contributed by atoms with E-state index in [1.54, 1.807) is 0 Å². The topological polar surface area (TPSA) is 85.8 Å². The third-order valence-corrected chi connectivity index (χ3v) is 5.63. The van der Waals surface area contributed by atoms with Crippen LogP contribution in [0.5, 0.6) is 0 Å². The largest absolute Gasteiger partial charge is 0.326 e. The number of rotatable bonds is 5. The van der Waals surface area contributed by atoms with Gasteiger partial charge in [-0.1, -0.05) is 55.8 Å². The first-order valence-corrected chi connectivity index (χ1v) is 10.3. The number of aryl methyl sites for hydroxylation is 1. The number of carbonyl (C=O) groups excluding carboxylic acids is 1. The van der Waals surface area contributed by atoms with Gasteiger partial charge < -0.3 is 15.6 Å². The Bertz CT molecular complexity index is 982. The van der Waals surface area contributed by atoms with Crippen molar-refractivity contribution >= 4 is 11.6 Å². The van der Waals surface area contributed by atoms with Crippen molar-refractivity contribution < 1.29 is 4.79 Å². The van der Waals surface area contributed by atoms with E-state index in [0.717, 1.165) is 54.3 Å². The van der Waals surface area contributed by atoms with Crippen LogP contribution in [-0.2, 0) is 17.8 Å². The minimum absolute atomic E-state index is 0.0985. The fraction of sp³-hybridized carbons (Fsp3) is 0.348. The van der Waals surface area contributed by atoms with Crippen LogP contribution in [0.2, 0.25) is 0 Å². The fourth-order valence-corrected chi connectivity index (χ4v) is 3.82. The number of nitrogens with two attached hydrogens (primary N) is 1. The monoisotopic (exact) mass is 389 g/mol. The molecule has 0 saturated carbocycles. The molecule has 6 nitrogen and oxygen atoms in total. The molecule has 3 aromatic rings. The molecule has 1 aliphatic rings. The third kappa shape index (κ3) is 4.22. The Kier molecular flexibility index (Phi) is 5.71. The van der Waals surface area contributed by atoms with E-state index < -0.39 is 0 Å². The number of anilines is 1. The van der Waals surface area contributed by atoms with Gasteiger partial charge in [-0.25, -0.2) is 0 Å². The Morgan fingerprint density at radius 1 is 1.07 bits per heavy atom. The highest BCUT2D eigenvalue weighted by atomic mass is 16.1. The maximum absolute atomic E-state index is 12.8. The van der Waals surface area contributed by atoms with Crippen LogP contribution >= 0.6 is 0 Å². The summed E-state index contributed by atoms with van der Waals surface area (Å²) >= 11 is 0. The first kappa shape index (κ1) is 19.3. The van der Waals surface area contributed by atoms with Gasteiger partial charge in [-0.05, 0) is 30.5 Å². The predicted octanol–water partition coefficient (Wildman–Crippen LogP) is 3.95. The molecule has 0 spiro atoms. The highest BCUT2D eigenvalue weighted by molar-refractivity contribution is 5.93. The number of hydrogen-bond donors (Lipinski definition) is 2. The van der Waals surface area contributed by atoms with Gasteiger partial charge in [0.2, 0.25) is 5.91 Å². The second-order valence-corrected chi connectivity index (χ2v) is 7.70. The molecule has 1 aliphatic heterocycles. The van der Waals surface area contributed by atoms with E-state index in [1.807, 2.05) is 61.5 Å². The van der Waals surface area contributed by atoms with Gasteiger partial charge in [-0.3, -0.25) is 4.79 Å². The number of fused-ring (bicyclic) bond motifs is 1. The van der Waals surface area contributed by atoms with Crippen LogP contribution in [0.15, 0.2) is 54.6 Å². The van der Waals surface area contributed by atoms with Gasteiger partial charge >= 0.3 is 0 Å². The maximum Gasteiger partial charge on any atom is 0.229 e. The van der Waals surface area contributed by atoms with E-state index in [1.165, 1.54) is 6.42 Å². The summed E-state index contributed by atoms with van der Waals surface area (Å²) in [5.41, 5.74) is 8.97. The van der Waals surface area contributed by atoms with E-state index in [4.69, 9.17) is 5.73 Å². The van der Waals surface area contributed by atoms with Gasteiger partial charge in [-0.2, -0.15) is 0 Å². The van der Waals surface area contributed by atoms with Crippen LogP contribution in [0.4, 0.5) is 5.69 Å². The van der Waals surface area contributed by atoms with E-state index in [9.17, 15) is 4.79 Å². The van der Waals surface area contributed by atoms with Crippen molar-refractivity contribution in [3.8, 4) is 11.4 Å². The average molecular weight is 390 g/mol. The molecule has 1 aromatic heterocycles. The number of benzene rings is 2. The lowest BCUT2D eigenvalue weighted by molar-refractivity contribution is -0.120. The second kappa shape index (κ2) is 8.57. The summed E-state index contributed by atoms with van der Waals surface area (Å²) in [7, 11) is 0. The summed E-state index contributed by atoms with van der Waals surface area (Å²) in [5, 5.41) is 11.8. The Labute approximate surface area is 171 Å². The molecule has 6 heteroatoms. The molecule has 2 aromatic carbocycles. The lowest BCUT2D eigenvalue weighted by Gasteiger charge is -2.20. The molecule has 0 aliphatic carbocycles. The second-order valence-electron chi connectivity index (χ2n) is 7.70. The van der Waals surface area contributed by atoms with Crippen molar-refractivity contribution in [3.05, 3.63) is 66.0 Å². The van der Waals surface area contributed by atoms with Crippen molar-refractivity contribution in [1.29, 1.82) is 0 Å². The van der Waals surface area contributed by atoms with E-state index >= 15 is 0 Å². The summed E-state index contributed by atoms with van der Waals surface area (Å²) in [4.78, 5) is 12.8. The SMILES string of the molecule is CC(C(=O)Nc1cccc(-c2nnc3n2CCCCC3)c1)C(N)c1ccccc1. The fourth-order valence-electron chi connectivity index (χ4n) is 3.82. The molecule has 29 heavy (non-hydrogen) atoms. The molecule has 1 amide bonds. The van der Waals surface area contributed by atoms with Crippen molar-refractivity contribution in [3.63, 3.8) is 0 Å². The zero-order chi connectivity index (χ0) is 20.2. The highest BCUT2D eigenvalue weighted by Gasteiger charge is 2.22. The number of aromatic nitrogens is 3. The van der Waals surface area contributed by atoms with Gasteiger partial charge in [0, 0.05) is 30.3 Å². The molecule has 0 fully saturated rings. The molecule has 0 radical (unpaired) electrons. The normalized spacial score (nSPS) is 15.8. The number of hydrogen-bond acceptors (Lipinski definition) is 4. The van der Waals surface area contributed by atoms with Crippen LogP contribution in [0.1, 0.15) is 43.6 Å². The highest BCUT2D eigenvalue weighted by Crippen LogP contribution is 2.26. The van der Waals surface area contributed by atoms with Gasteiger partial charge in [0.1, 0.15) is 5.82 Å². The minimum Gasteiger partial charge on any atom is -0.326 e. The molecule has 2 atom stereocenters. The van der Waals surface area contributed by atoms with Crippen LogP contribution < -0.4 is 11.1 Å². The third-order valence-electron chi connectivity index (χ3n) is 5.63. The molecule has 0 saturated heterocycles. The Morgan fingerprint density at radius 2 is 1.90 bits per heavy atom. The van der Waals surface area contributed by atoms with Crippen LogP contribution in [-0.4, -0.2) is 20.7 Å². The summed E-state index contributed by atoms with van der Waals surface area (Å²) in [6.07, 6.45) is 4.49. The lowest BCUT2D eigenvalue weighted by atomic mass is 9.94. The number of amides is 1. The summed E-state index contributed by atoms with van der Waals surface area (Å²) in [5.74, 6) is 1.46. The molecule has 3 N–H and O–H groups in total. The van der Waals surface area contributed by atoms with E-state index in [0.29, 0.717) is 0 Å². The quantitative estimate of drug-likeness (QED) is 0.692. The number of carbonyl (C=O) groups is 1. The number of nitrogens with one attached hydrogen (secondary N) is 1. The standard InChI is InChI=1S/C23H27N5O/c1-16(21(24)17-9-4-2-5-10-17)23(29)25-19-12-8-11-18(15-19)22-27-26-20-13-6-3-7-14-28(20)22/h2,4-5,8-12,15-16,21H,3,6-7,13-14,24H2,1H3,(H,25,29). The van der Waals surface area contributed by atoms with Crippen molar-refractivity contribution in [2.75, 3.05) is 5.32 Å². The average Bonchev–Trinajstić information content (AvgIpc) is 3.01. The van der Waals surface area contributed by atoms with Gasteiger partial charge in [0.05, 0.1) is 5.92 Å². The van der Waals surface area contributed by atoms with Crippen molar-refractivity contribution in [2.45, 2.75) is 45.2 Å². The van der Waals surface area contributed by atoms with Crippen LogP contribution in [0, 0.1) is 5.92 Å². The van der Waals surface area contributed by atoms with E-state index in [2.05, 4.69) is 20.1 Å². The van der Waals surface area contributed by atoms with Gasteiger partial charge in [-0.15, -0.1) is 10.2 Å². The van der Waals surface area contributed by atoms with Crippen LogP contribution in [0.3, 0.4) is 0 Å². The smallest absolute Gasteiger partial charge is 0.229 e. The molecule has 150 valence electrons. The summed E-state index contributed by atoms with van der Waals surface area (Å²) in [6, 6.07) is 17.2. The summed E-state index contributed by atoms with van der Waals surface area (Å²) < 4.78 is 2.21. The molecular weight excluding hydrogens is 362 g/mol. The Balaban J connectivity index is 1.51. The molecule has 0 bridgehead atoms. The predicted molar refractivity (Wildman–Crippen MR) is 114 cm³/mol. The summed E-state index contributed by atoms with van der Waals surface area (Å²) in [6.45, 7) is 2.80. The maximum atomic E-state index is 12.8. The molecular formula is C23H27N5O. The Hall–Kier alpha value is -2.99. The van der Waals surface area contributed by atoms with Gasteiger partial charge in [0.15, 0.2) is 5.82 Å². The van der Waals surface area contributed by atoms with Crippen molar-refractivity contribution in [2.24, 2.45) is 11.7 Å². The zero-order valence-electron chi connectivity index (χ0n) is 16.7. The Morgan fingerprint density at radius 3 is 2.72 bits per heavy atom. The number of nitrogens with zero attached hydrogens (tertiary/aromatic N) is 3. The molecule has 2 heterocycles. The first-order valence-electron chi connectivity index (χ1n) is 10.3. The molecule has 4 rings (SSSR count). The van der Waals surface area contributed by atoms with E-state index in [-0.39, 0.29) is 17.9 Å².